The molecular formula is C14H17Cl2F3N2O2S. The molecule has 24 heavy (non-hydrogen) atoms. The van der Waals surface area contributed by atoms with E-state index >= 15 is 0 Å². The minimum atomic E-state index is -4.78. The van der Waals surface area contributed by atoms with Crippen LogP contribution in [-0.2, 0) is 16.2 Å². The van der Waals surface area contributed by atoms with E-state index in [4.69, 9.17) is 11.6 Å². The fourth-order valence-corrected chi connectivity index (χ4v) is 5.66. The standard InChI is InChI=1S/C14H16ClF3N2O2S.ClH/c15-9-1-4-13(12(7-9)14(16,17)18)23(21,22)20-10-2-3-11(20)8-19-6-5-10;/h1,4,7,10-11,19H,2-3,5-6,8H2;1H. The fraction of sp³-hybridized carbons (Fsp3) is 0.571. The maximum absolute atomic E-state index is 13.3. The predicted octanol–water partition coefficient (Wildman–Crippen LogP) is 3.30. The Labute approximate surface area is 149 Å². The molecule has 2 saturated heterocycles. The molecule has 1 aromatic carbocycles. The van der Waals surface area contributed by atoms with Crippen molar-refractivity contribution in [2.45, 2.75) is 42.4 Å². The summed E-state index contributed by atoms with van der Waals surface area (Å²) in [6, 6.07) is 2.26. The molecule has 3 rings (SSSR count). The zero-order valence-electron chi connectivity index (χ0n) is 12.5. The number of nitrogens with one attached hydrogen (secondary N) is 1. The molecule has 2 fully saturated rings. The number of sulfonamides is 1. The number of benzene rings is 1. The molecule has 0 aliphatic carbocycles. The minimum absolute atomic E-state index is 0. The van der Waals surface area contributed by atoms with E-state index in [9.17, 15) is 21.6 Å². The van der Waals surface area contributed by atoms with Gasteiger partial charge in [0.05, 0.1) is 10.5 Å². The molecular weight excluding hydrogens is 388 g/mol. The van der Waals surface area contributed by atoms with Crippen molar-refractivity contribution in [3.8, 4) is 0 Å². The Morgan fingerprint density at radius 1 is 1.17 bits per heavy atom. The van der Waals surface area contributed by atoms with Crippen molar-refractivity contribution < 1.29 is 21.6 Å². The molecule has 0 amide bonds. The van der Waals surface area contributed by atoms with Crippen LogP contribution in [0.25, 0.3) is 0 Å². The first kappa shape index (κ1) is 19.8. The van der Waals surface area contributed by atoms with Crippen LogP contribution in [0.15, 0.2) is 23.1 Å². The van der Waals surface area contributed by atoms with Gasteiger partial charge in [0.1, 0.15) is 0 Å². The summed E-state index contributed by atoms with van der Waals surface area (Å²) in [4.78, 5) is -0.715. The van der Waals surface area contributed by atoms with Crippen LogP contribution in [0, 0.1) is 0 Å². The van der Waals surface area contributed by atoms with Crippen LogP contribution in [0.3, 0.4) is 0 Å². The third kappa shape index (κ3) is 3.53. The lowest BCUT2D eigenvalue weighted by Crippen LogP contribution is -2.43. The molecule has 2 atom stereocenters. The lowest BCUT2D eigenvalue weighted by Gasteiger charge is -2.28. The van der Waals surface area contributed by atoms with Gasteiger partial charge in [-0.1, -0.05) is 11.6 Å². The van der Waals surface area contributed by atoms with Crippen LogP contribution < -0.4 is 5.32 Å². The van der Waals surface area contributed by atoms with Crippen LogP contribution >= 0.6 is 24.0 Å². The quantitative estimate of drug-likeness (QED) is 0.822. The van der Waals surface area contributed by atoms with Crippen molar-refractivity contribution >= 4 is 34.0 Å². The van der Waals surface area contributed by atoms with Crippen LogP contribution in [0.4, 0.5) is 13.2 Å². The summed E-state index contributed by atoms with van der Waals surface area (Å²) in [7, 11) is -4.24. The van der Waals surface area contributed by atoms with Gasteiger partial charge in [0, 0.05) is 23.7 Å². The topological polar surface area (TPSA) is 49.4 Å². The van der Waals surface area contributed by atoms with E-state index in [2.05, 4.69) is 5.32 Å². The predicted molar refractivity (Wildman–Crippen MR) is 87.0 cm³/mol. The monoisotopic (exact) mass is 404 g/mol. The maximum Gasteiger partial charge on any atom is 0.417 e. The van der Waals surface area contributed by atoms with Gasteiger partial charge >= 0.3 is 6.18 Å². The Bertz CT molecular complexity index is 698. The minimum Gasteiger partial charge on any atom is -0.315 e. The van der Waals surface area contributed by atoms with Crippen LogP contribution in [0.1, 0.15) is 24.8 Å². The largest absolute Gasteiger partial charge is 0.417 e. The molecule has 1 aromatic rings. The summed E-state index contributed by atoms with van der Waals surface area (Å²) in [6.07, 6.45) is -2.84. The molecule has 0 aromatic heterocycles. The number of alkyl halides is 3. The summed E-state index contributed by atoms with van der Waals surface area (Å²) < 4.78 is 66.9. The zero-order valence-corrected chi connectivity index (χ0v) is 14.9. The van der Waals surface area contributed by atoms with Gasteiger partial charge in [-0.2, -0.15) is 17.5 Å². The molecule has 2 heterocycles. The van der Waals surface area contributed by atoms with Gasteiger partial charge in [-0.25, -0.2) is 8.42 Å². The van der Waals surface area contributed by atoms with E-state index < -0.39 is 26.7 Å². The van der Waals surface area contributed by atoms with Crippen molar-refractivity contribution in [2.24, 2.45) is 0 Å². The Balaban J connectivity index is 0.00000208. The molecule has 2 unspecified atom stereocenters. The fourth-order valence-electron chi connectivity index (χ4n) is 3.39. The van der Waals surface area contributed by atoms with Crippen LogP contribution in [-0.4, -0.2) is 37.9 Å². The maximum atomic E-state index is 13.3. The molecule has 0 saturated carbocycles. The van der Waals surface area contributed by atoms with Crippen LogP contribution in [0.5, 0.6) is 0 Å². The number of hydrogen-bond acceptors (Lipinski definition) is 3. The lowest BCUT2D eigenvalue weighted by molar-refractivity contribution is -0.139. The highest BCUT2D eigenvalue weighted by Crippen LogP contribution is 2.40. The van der Waals surface area contributed by atoms with Gasteiger partial charge in [-0.15, -0.1) is 12.4 Å². The second kappa shape index (κ2) is 6.99. The Hall–Kier alpha value is -0.540. The summed E-state index contributed by atoms with van der Waals surface area (Å²) in [6.45, 7) is 1.13. The second-order valence-electron chi connectivity index (χ2n) is 5.85. The highest BCUT2D eigenvalue weighted by Gasteiger charge is 2.46. The number of halogens is 5. The number of hydrogen-bond donors (Lipinski definition) is 1. The van der Waals surface area contributed by atoms with Crippen molar-refractivity contribution in [2.75, 3.05) is 13.1 Å². The van der Waals surface area contributed by atoms with E-state index in [1.807, 2.05) is 0 Å². The Morgan fingerprint density at radius 2 is 1.83 bits per heavy atom. The average Bonchev–Trinajstić information content (AvgIpc) is 2.71. The van der Waals surface area contributed by atoms with Gasteiger partial charge in [-0.3, -0.25) is 0 Å². The zero-order chi connectivity index (χ0) is 16.8. The van der Waals surface area contributed by atoms with E-state index in [0.29, 0.717) is 38.4 Å². The summed E-state index contributed by atoms with van der Waals surface area (Å²) in [5, 5.41) is 2.99. The molecule has 4 nitrogen and oxygen atoms in total. The van der Waals surface area contributed by atoms with Gasteiger partial charge in [-0.05, 0) is 44.0 Å². The molecule has 10 heteroatoms. The molecule has 0 spiro atoms. The lowest BCUT2D eigenvalue weighted by atomic mass is 10.1. The number of fused-ring (bicyclic) bond motifs is 2. The third-order valence-corrected chi connectivity index (χ3v) is 6.69. The SMILES string of the molecule is Cl.O=S(=O)(c1ccc(Cl)cc1C(F)(F)F)N1C2CCNCC1CC2. The van der Waals surface area contributed by atoms with E-state index in [1.165, 1.54) is 10.4 Å². The van der Waals surface area contributed by atoms with Crippen molar-refractivity contribution in [3.63, 3.8) is 0 Å². The molecule has 2 aliphatic rings. The smallest absolute Gasteiger partial charge is 0.315 e. The van der Waals surface area contributed by atoms with Crippen molar-refractivity contribution in [1.82, 2.24) is 9.62 Å². The van der Waals surface area contributed by atoms with E-state index in [1.54, 1.807) is 0 Å². The third-order valence-electron chi connectivity index (χ3n) is 4.39. The Morgan fingerprint density at radius 3 is 2.50 bits per heavy atom. The summed E-state index contributed by atoms with van der Waals surface area (Å²) in [5.74, 6) is 0. The normalized spacial score (nSPS) is 25.2. The van der Waals surface area contributed by atoms with Gasteiger partial charge in [0.25, 0.3) is 0 Å². The first-order chi connectivity index (χ1) is 10.7. The first-order valence-electron chi connectivity index (χ1n) is 7.32. The van der Waals surface area contributed by atoms with Crippen LogP contribution in [0.2, 0.25) is 5.02 Å². The Kier molecular flexibility index (Phi) is 5.76. The van der Waals surface area contributed by atoms with Gasteiger partial charge in [0.2, 0.25) is 10.0 Å². The molecule has 1 N–H and O–H groups in total. The molecule has 136 valence electrons. The highest BCUT2D eigenvalue weighted by atomic mass is 35.5. The summed E-state index contributed by atoms with van der Waals surface area (Å²) in [5.41, 5.74) is -1.21. The van der Waals surface area contributed by atoms with Gasteiger partial charge in [0.15, 0.2) is 0 Å². The van der Waals surface area contributed by atoms with E-state index in [-0.39, 0.29) is 29.5 Å². The molecule has 2 bridgehead atoms. The van der Waals surface area contributed by atoms with Crippen molar-refractivity contribution in [3.05, 3.63) is 28.8 Å². The molecule has 0 radical (unpaired) electrons. The highest BCUT2D eigenvalue weighted by molar-refractivity contribution is 7.89. The summed E-state index contributed by atoms with van der Waals surface area (Å²) >= 11 is 5.64. The second-order valence-corrected chi connectivity index (χ2v) is 8.10. The first-order valence-corrected chi connectivity index (χ1v) is 9.14. The number of nitrogens with zero attached hydrogens (tertiary/aromatic N) is 1. The van der Waals surface area contributed by atoms with Gasteiger partial charge < -0.3 is 5.32 Å². The number of rotatable bonds is 2. The van der Waals surface area contributed by atoms with Crippen molar-refractivity contribution in [1.29, 1.82) is 0 Å². The average molecular weight is 405 g/mol. The van der Waals surface area contributed by atoms with E-state index in [0.717, 1.165) is 6.07 Å². The molecule has 2 aliphatic heterocycles.